The number of rotatable bonds is 37. The summed E-state index contributed by atoms with van der Waals surface area (Å²) >= 11 is 8.72. The minimum Gasteiger partial charge on any atom is -0.489 e. The molecule has 14 heteroatoms. The second-order valence-corrected chi connectivity index (χ2v) is 27.8. The lowest BCUT2D eigenvalue weighted by Gasteiger charge is -2.20. The topological polar surface area (TPSA) is 70.0 Å². The maximum Gasteiger partial charge on any atom is 0.172 e. The third-order valence-corrected chi connectivity index (χ3v) is 21.5. The van der Waals surface area contributed by atoms with E-state index in [2.05, 4.69) is 97.5 Å². The first-order chi connectivity index (χ1) is 39.1. The average Bonchev–Trinajstić information content (AvgIpc) is 4.42. The van der Waals surface area contributed by atoms with Crippen LogP contribution in [0.5, 0.6) is 11.5 Å². The molecule has 2 unspecified atom stereocenters. The number of aryl methyl sites for hydroxylation is 2. The molecule has 0 radical (unpaired) electrons. The highest BCUT2D eigenvalue weighted by Crippen LogP contribution is 2.55. The predicted octanol–water partition coefficient (Wildman–Crippen LogP) is 23.5. The Kier molecular flexibility index (Phi) is 24.6. The zero-order valence-electron chi connectivity index (χ0n) is 48.8. The Hall–Kier alpha value is -3.92. The monoisotopic (exact) mass is 1200 g/mol. The molecule has 0 aliphatic rings. The van der Waals surface area contributed by atoms with Gasteiger partial charge in [-0.25, -0.2) is 8.78 Å². The van der Waals surface area contributed by atoms with Gasteiger partial charge in [-0.2, -0.15) is 17.5 Å². The molecule has 0 saturated carbocycles. The van der Waals surface area contributed by atoms with E-state index in [0.717, 1.165) is 153 Å². The van der Waals surface area contributed by atoms with Crippen LogP contribution in [-0.2, 0) is 12.8 Å². The molecule has 8 rings (SSSR count). The zero-order valence-corrected chi connectivity index (χ0v) is 53.7. The molecule has 0 aliphatic heterocycles. The number of ether oxygens (including phenoxy) is 2. The highest BCUT2D eigenvalue weighted by Gasteiger charge is 2.32. The number of allylic oxidation sites excluding steroid dienone is 1. The molecule has 80 heavy (non-hydrogen) atoms. The number of fused-ring (bicyclic) bond motifs is 2. The SMILES string of the molecule is C=CC(CCCCCCCC)Cc1cc(-c2c(F)c(F)c(-c3cc(CC(CC)CCCCCCCC)c(C)s3)c3nsnc23)sc1-c1ccc(-c2c(OCCCCCC)c(OCCCCCC)c(-c3ccc(C)s3)c3nsnc23)s1. The lowest BCUT2D eigenvalue weighted by Crippen LogP contribution is -2.06. The summed E-state index contributed by atoms with van der Waals surface area (Å²) in [7, 11) is 0. The third-order valence-electron chi connectivity index (χ3n) is 15.9. The summed E-state index contributed by atoms with van der Waals surface area (Å²) in [5.74, 6) is 0.479. The Labute approximate surface area is 501 Å². The number of aromatic nitrogens is 4. The van der Waals surface area contributed by atoms with Crippen LogP contribution in [0, 0.1) is 37.3 Å². The van der Waals surface area contributed by atoms with E-state index in [1.807, 2.05) is 0 Å². The van der Waals surface area contributed by atoms with Crippen LogP contribution in [0.1, 0.15) is 203 Å². The normalized spacial score (nSPS) is 12.6. The minimum absolute atomic E-state index is 0.183. The van der Waals surface area contributed by atoms with Gasteiger partial charge in [0, 0.05) is 39.0 Å². The molecule has 6 aromatic heterocycles. The number of benzene rings is 2. The van der Waals surface area contributed by atoms with Gasteiger partial charge in [0.1, 0.15) is 22.1 Å². The van der Waals surface area contributed by atoms with E-state index in [0.29, 0.717) is 45.7 Å². The van der Waals surface area contributed by atoms with Crippen molar-refractivity contribution in [2.24, 2.45) is 11.8 Å². The van der Waals surface area contributed by atoms with Crippen molar-refractivity contribution in [3.05, 3.63) is 81.6 Å². The van der Waals surface area contributed by atoms with Gasteiger partial charge in [0.2, 0.25) is 0 Å². The quantitative estimate of drug-likeness (QED) is 0.0285. The van der Waals surface area contributed by atoms with E-state index in [9.17, 15) is 0 Å². The molecule has 6 heterocycles. The summed E-state index contributed by atoms with van der Waals surface area (Å²) in [5.41, 5.74) is 6.99. The molecule has 8 aromatic rings. The number of hydrogen-bond donors (Lipinski definition) is 0. The minimum atomic E-state index is -0.872. The van der Waals surface area contributed by atoms with Crippen LogP contribution >= 0.6 is 68.8 Å². The van der Waals surface area contributed by atoms with Crippen LogP contribution in [0.25, 0.3) is 73.6 Å². The summed E-state index contributed by atoms with van der Waals surface area (Å²) in [6.45, 7) is 21.0. The fraction of sp³-hybridized carbons (Fsp3) is 0.545. The van der Waals surface area contributed by atoms with Crippen LogP contribution in [0.3, 0.4) is 0 Å². The van der Waals surface area contributed by atoms with Crippen molar-refractivity contribution < 1.29 is 18.3 Å². The number of unbranched alkanes of at least 4 members (excludes halogenated alkanes) is 16. The van der Waals surface area contributed by atoms with E-state index in [4.69, 9.17) is 27.0 Å². The number of hydrogen-bond acceptors (Lipinski definition) is 12. The number of nitrogens with zero attached hydrogens (tertiary/aromatic N) is 4. The lowest BCUT2D eigenvalue weighted by atomic mass is 9.91. The standard InChI is InChI=1S/C66H86F2N4O2S6/c1-9-15-19-23-25-27-31-45(13-5)39-47-41-52(76-44(47)8)54-58(67)59(68)55(61-60(54)69-79-70-61)53-42-48(40-46(14-6)32-28-26-24-20-16-10-2)66(78-53)51-36-35-50(77-51)57-63-62(71-80-72-63)56(49-34-33-43(7)75-49)64(73-37-29-21-17-11-3)65(57)74-38-30-22-18-12-4/h14,33-36,41-42,45-46H,6,9-13,15-32,37-40H2,1-5,7-8H3. The molecule has 0 amide bonds. The molecular formula is C66H86F2N4O2S6. The van der Waals surface area contributed by atoms with Crippen LogP contribution in [0.4, 0.5) is 8.78 Å². The molecule has 0 aliphatic carbocycles. The number of thiophene rings is 4. The van der Waals surface area contributed by atoms with Gasteiger partial charge in [-0.3, -0.25) is 0 Å². The summed E-state index contributed by atoms with van der Waals surface area (Å²) in [6, 6.07) is 12.9. The maximum absolute atomic E-state index is 17.5. The predicted molar refractivity (Wildman–Crippen MR) is 347 cm³/mol. The van der Waals surface area contributed by atoms with Crippen LogP contribution in [0.2, 0.25) is 0 Å². The van der Waals surface area contributed by atoms with Gasteiger partial charge in [0.05, 0.1) is 58.9 Å². The molecule has 2 atom stereocenters. The third kappa shape index (κ3) is 15.4. The van der Waals surface area contributed by atoms with Crippen molar-refractivity contribution in [3.63, 3.8) is 0 Å². The first kappa shape index (κ1) is 62.1. The van der Waals surface area contributed by atoms with Gasteiger partial charge >= 0.3 is 0 Å². The fourth-order valence-corrected chi connectivity index (χ4v) is 16.7. The van der Waals surface area contributed by atoms with E-state index >= 15 is 8.78 Å². The van der Waals surface area contributed by atoms with Crippen molar-refractivity contribution in [1.29, 1.82) is 0 Å². The van der Waals surface area contributed by atoms with Gasteiger partial charge in [-0.1, -0.05) is 169 Å². The Morgan fingerprint density at radius 3 is 1.48 bits per heavy atom. The summed E-state index contributed by atoms with van der Waals surface area (Å²) < 4.78 is 68.2. The Balaban J connectivity index is 1.20. The number of halogens is 2. The van der Waals surface area contributed by atoms with Crippen LogP contribution < -0.4 is 9.47 Å². The van der Waals surface area contributed by atoms with E-state index < -0.39 is 11.6 Å². The van der Waals surface area contributed by atoms with Crippen LogP contribution in [0.15, 0.2) is 49.1 Å². The Bertz CT molecular complexity index is 3200. The molecule has 6 nitrogen and oxygen atoms in total. The van der Waals surface area contributed by atoms with Crippen molar-refractivity contribution in [2.45, 2.75) is 209 Å². The summed E-state index contributed by atoms with van der Waals surface area (Å²) in [6.07, 6.45) is 30.7. The molecule has 0 N–H and O–H groups in total. The first-order valence-electron chi connectivity index (χ1n) is 30.4. The molecule has 432 valence electrons. The molecule has 0 saturated heterocycles. The first-order valence-corrected chi connectivity index (χ1v) is 35.1. The second kappa shape index (κ2) is 31.7. The van der Waals surface area contributed by atoms with Gasteiger partial charge in [-0.05, 0) is 105 Å². The van der Waals surface area contributed by atoms with Gasteiger partial charge < -0.3 is 9.47 Å². The van der Waals surface area contributed by atoms with Gasteiger partial charge in [0.15, 0.2) is 23.1 Å². The van der Waals surface area contributed by atoms with E-state index in [1.54, 1.807) is 34.0 Å². The molecule has 0 bridgehead atoms. The largest absolute Gasteiger partial charge is 0.489 e. The maximum atomic E-state index is 17.5. The Morgan fingerprint density at radius 1 is 0.487 bits per heavy atom. The zero-order chi connectivity index (χ0) is 56.4. The van der Waals surface area contributed by atoms with Crippen molar-refractivity contribution >= 4 is 90.9 Å². The van der Waals surface area contributed by atoms with E-state index in [-0.39, 0.29) is 17.0 Å². The lowest BCUT2D eigenvalue weighted by molar-refractivity contribution is 0.261. The molecule has 0 spiro atoms. The summed E-state index contributed by atoms with van der Waals surface area (Å²) in [5, 5.41) is 0. The van der Waals surface area contributed by atoms with Gasteiger partial charge in [0.25, 0.3) is 0 Å². The average molecular weight is 1200 g/mol. The van der Waals surface area contributed by atoms with Crippen molar-refractivity contribution in [2.75, 3.05) is 13.2 Å². The highest BCUT2D eigenvalue weighted by molar-refractivity contribution is 7.25. The molecule has 2 aromatic carbocycles. The van der Waals surface area contributed by atoms with Crippen molar-refractivity contribution in [3.8, 4) is 63.0 Å². The smallest absolute Gasteiger partial charge is 0.172 e. The van der Waals surface area contributed by atoms with Gasteiger partial charge in [-0.15, -0.1) is 51.9 Å². The van der Waals surface area contributed by atoms with Crippen molar-refractivity contribution in [1.82, 2.24) is 17.5 Å². The molecular weight excluding hydrogens is 1110 g/mol. The molecule has 0 fully saturated rings. The van der Waals surface area contributed by atoms with E-state index in [1.165, 1.54) is 111 Å². The highest BCUT2D eigenvalue weighted by atomic mass is 32.1. The fourth-order valence-electron chi connectivity index (χ4n) is 11.2. The van der Waals surface area contributed by atoms with Crippen LogP contribution in [-0.4, -0.2) is 30.7 Å². The summed E-state index contributed by atoms with van der Waals surface area (Å²) in [4.78, 5) is 7.87. The second-order valence-electron chi connectivity index (χ2n) is 22.0. The Morgan fingerprint density at radius 2 is 0.950 bits per heavy atom.